The maximum Gasteiger partial charge on any atom is 0.310 e. The van der Waals surface area contributed by atoms with Crippen LogP contribution in [0.2, 0.25) is 0 Å². The van der Waals surface area contributed by atoms with Crippen LogP contribution in [-0.2, 0) is 11.3 Å². The SMILES string of the molecule is COc1ccc(CN2CCC(C)(C(=O)O)C2)cn1. The van der Waals surface area contributed by atoms with Crippen LogP contribution in [0.3, 0.4) is 0 Å². The highest BCUT2D eigenvalue weighted by Gasteiger charge is 2.40. The molecule has 18 heavy (non-hydrogen) atoms. The van der Waals surface area contributed by atoms with Crippen molar-refractivity contribution in [1.29, 1.82) is 0 Å². The third-order valence-electron chi connectivity index (χ3n) is 3.48. The van der Waals surface area contributed by atoms with Gasteiger partial charge in [-0.1, -0.05) is 6.07 Å². The second-order valence-corrected chi connectivity index (χ2v) is 5.04. The van der Waals surface area contributed by atoms with Gasteiger partial charge in [0.25, 0.3) is 0 Å². The number of rotatable bonds is 4. The molecule has 2 heterocycles. The Hall–Kier alpha value is -1.62. The molecule has 0 spiro atoms. The zero-order chi connectivity index (χ0) is 13.2. The number of hydrogen-bond acceptors (Lipinski definition) is 4. The van der Waals surface area contributed by atoms with Crippen LogP contribution >= 0.6 is 0 Å². The van der Waals surface area contributed by atoms with Crippen molar-refractivity contribution in [3.05, 3.63) is 23.9 Å². The van der Waals surface area contributed by atoms with Gasteiger partial charge in [0.15, 0.2) is 0 Å². The van der Waals surface area contributed by atoms with Crippen molar-refractivity contribution in [3.63, 3.8) is 0 Å². The van der Waals surface area contributed by atoms with E-state index in [0.717, 1.165) is 18.7 Å². The summed E-state index contributed by atoms with van der Waals surface area (Å²) in [7, 11) is 1.58. The predicted octanol–water partition coefficient (Wildman–Crippen LogP) is 1.39. The number of carboxylic acid groups (broad SMARTS) is 1. The van der Waals surface area contributed by atoms with Crippen LogP contribution in [0, 0.1) is 5.41 Å². The zero-order valence-electron chi connectivity index (χ0n) is 10.7. The van der Waals surface area contributed by atoms with Crippen LogP contribution in [-0.4, -0.2) is 41.2 Å². The fourth-order valence-corrected chi connectivity index (χ4v) is 2.25. The van der Waals surface area contributed by atoms with Crippen molar-refractivity contribution in [2.24, 2.45) is 5.41 Å². The average molecular weight is 250 g/mol. The van der Waals surface area contributed by atoms with Crippen molar-refractivity contribution >= 4 is 5.97 Å². The number of hydrogen-bond donors (Lipinski definition) is 1. The minimum absolute atomic E-state index is 0.592. The molecule has 0 aliphatic carbocycles. The second-order valence-electron chi connectivity index (χ2n) is 5.04. The summed E-state index contributed by atoms with van der Waals surface area (Å²) in [4.78, 5) is 17.4. The highest BCUT2D eigenvalue weighted by atomic mass is 16.5. The van der Waals surface area contributed by atoms with E-state index in [2.05, 4.69) is 9.88 Å². The minimum Gasteiger partial charge on any atom is -0.481 e. The summed E-state index contributed by atoms with van der Waals surface area (Å²) in [5.74, 6) is -0.117. The molecule has 1 N–H and O–H groups in total. The largest absolute Gasteiger partial charge is 0.481 e. The molecule has 0 radical (unpaired) electrons. The lowest BCUT2D eigenvalue weighted by Crippen LogP contribution is -2.31. The number of aromatic nitrogens is 1. The maximum atomic E-state index is 11.1. The maximum absolute atomic E-state index is 11.1. The minimum atomic E-state index is -0.710. The third-order valence-corrected chi connectivity index (χ3v) is 3.48. The number of nitrogens with zero attached hydrogens (tertiary/aromatic N) is 2. The van der Waals surface area contributed by atoms with Crippen molar-refractivity contribution in [3.8, 4) is 5.88 Å². The monoisotopic (exact) mass is 250 g/mol. The Bertz CT molecular complexity index is 432. The van der Waals surface area contributed by atoms with E-state index in [4.69, 9.17) is 9.84 Å². The van der Waals surface area contributed by atoms with Gasteiger partial charge in [-0.2, -0.15) is 0 Å². The number of ether oxygens (including phenoxy) is 1. The van der Waals surface area contributed by atoms with Gasteiger partial charge < -0.3 is 9.84 Å². The molecular formula is C13H18N2O3. The molecule has 1 atom stereocenters. The molecule has 0 amide bonds. The van der Waals surface area contributed by atoms with Gasteiger partial charge in [0.05, 0.1) is 12.5 Å². The van der Waals surface area contributed by atoms with Gasteiger partial charge in [-0.25, -0.2) is 4.98 Å². The van der Waals surface area contributed by atoms with E-state index in [9.17, 15) is 4.79 Å². The first-order chi connectivity index (χ1) is 8.53. The molecule has 2 rings (SSSR count). The van der Waals surface area contributed by atoms with Crippen molar-refractivity contribution in [2.45, 2.75) is 19.9 Å². The smallest absolute Gasteiger partial charge is 0.310 e. The quantitative estimate of drug-likeness (QED) is 0.874. The van der Waals surface area contributed by atoms with Gasteiger partial charge in [0.1, 0.15) is 0 Å². The Labute approximate surface area is 106 Å². The van der Waals surface area contributed by atoms with Gasteiger partial charge in [0, 0.05) is 25.4 Å². The standard InChI is InChI=1S/C13H18N2O3/c1-13(12(16)17)5-6-15(9-13)8-10-3-4-11(18-2)14-7-10/h3-4,7H,5-6,8-9H2,1-2H3,(H,16,17). The van der Waals surface area contributed by atoms with Crippen LogP contribution in [0.25, 0.3) is 0 Å². The first kappa shape index (κ1) is 12.8. The van der Waals surface area contributed by atoms with E-state index in [0.29, 0.717) is 18.8 Å². The number of methoxy groups -OCH3 is 1. The third kappa shape index (κ3) is 2.61. The summed E-state index contributed by atoms with van der Waals surface area (Å²) in [5.41, 5.74) is 0.463. The van der Waals surface area contributed by atoms with Gasteiger partial charge in [0.2, 0.25) is 5.88 Å². The molecule has 5 heteroatoms. The van der Waals surface area contributed by atoms with Crippen molar-refractivity contribution in [2.75, 3.05) is 20.2 Å². The van der Waals surface area contributed by atoms with E-state index in [1.807, 2.05) is 19.1 Å². The number of carboxylic acids is 1. The van der Waals surface area contributed by atoms with Gasteiger partial charge in [-0.3, -0.25) is 9.69 Å². The van der Waals surface area contributed by atoms with E-state index in [-0.39, 0.29) is 0 Å². The lowest BCUT2D eigenvalue weighted by atomic mass is 9.90. The number of likely N-dealkylation sites (tertiary alicyclic amines) is 1. The Morgan fingerprint density at radius 3 is 2.89 bits per heavy atom. The van der Waals surface area contributed by atoms with Crippen LogP contribution in [0.4, 0.5) is 0 Å². The first-order valence-corrected chi connectivity index (χ1v) is 5.98. The second kappa shape index (κ2) is 4.94. The summed E-state index contributed by atoms with van der Waals surface area (Å²) >= 11 is 0. The summed E-state index contributed by atoms with van der Waals surface area (Å²) in [6.07, 6.45) is 2.47. The lowest BCUT2D eigenvalue weighted by Gasteiger charge is -2.19. The normalized spacial score (nSPS) is 24.1. The van der Waals surface area contributed by atoms with E-state index < -0.39 is 11.4 Å². The summed E-state index contributed by atoms with van der Waals surface area (Å²) < 4.78 is 5.00. The molecule has 5 nitrogen and oxygen atoms in total. The molecular weight excluding hydrogens is 232 g/mol. The van der Waals surface area contributed by atoms with Crippen molar-refractivity contribution in [1.82, 2.24) is 9.88 Å². The molecule has 1 saturated heterocycles. The molecule has 1 aromatic rings. The number of carbonyl (C=O) groups is 1. The molecule has 1 aliphatic heterocycles. The molecule has 0 aromatic carbocycles. The Morgan fingerprint density at radius 2 is 2.39 bits per heavy atom. The van der Waals surface area contributed by atoms with E-state index >= 15 is 0 Å². The molecule has 1 aliphatic rings. The summed E-state index contributed by atoms with van der Waals surface area (Å²) in [5, 5.41) is 9.17. The zero-order valence-corrected chi connectivity index (χ0v) is 10.7. The highest BCUT2D eigenvalue weighted by molar-refractivity contribution is 5.74. The Morgan fingerprint density at radius 1 is 1.61 bits per heavy atom. The van der Waals surface area contributed by atoms with Crippen LogP contribution in [0.5, 0.6) is 5.88 Å². The van der Waals surface area contributed by atoms with E-state index in [1.54, 1.807) is 13.3 Å². The van der Waals surface area contributed by atoms with E-state index in [1.165, 1.54) is 0 Å². The number of pyridine rings is 1. The lowest BCUT2D eigenvalue weighted by molar-refractivity contribution is -0.147. The van der Waals surface area contributed by atoms with Crippen LogP contribution in [0.1, 0.15) is 18.9 Å². The summed E-state index contributed by atoms with van der Waals surface area (Å²) in [6, 6.07) is 3.78. The van der Waals surface area contributed by atoms with Crippen LogP contribution in [0.15, 0.2) is 18.3 Å². The fourth-order valence-electron chi connectivity index (χ4n) is 2.25. The molecule has 98 valence electrons. The molecule has 0 bridgehead atoms. The molecule has 0 saturated carbocycles. The predicted molar refractivity (Wildman–Crippen MR) is 66.4 cm³/mol. The molecule has 1 aromatic heterocycles. The molecule has 1 fully saturated rings. The average Bonchev–Trinajstić information content (AvgIpc) is 2.73. The molecule has 1 unspecified atom stereocenters. The Kier molecular flexibility index (Phi) is 3.52. The fraction of sp³-hybridized carbons (Fsp3) is 0.538. The van der Waals surface area contributed by atoms with Gasteiger partial charge >= 0.3 is 5.97 Å². The highest BCUT2D eigenvalue weighted by Crippen LogP contribution is 2.30. The van der Waals surface area contributed by atoms with Crippen molar-refractivity contribution < 1.29 is 14.6 Å². The number of aliphatic carboxylic acids is 1. The summed E-state index contributed by atoms with van der Waals surface area (Å²) in [6.45, 7) is 3.95. The Balaban J connectivity index is 1.97. The van der Waals surface area contributed by atoms with Crippen LogP contribution < -0.4 is 4.74 Å². The van der Waals surface area contributed by atoms with Gasteiger partial charge in [-0.15, -0.1) is 0 Å². The van der Waals surface area contributed by atoms with Gasteiger partial charge in [-0.05, 0) is 25.5 Å². The first-order valence-electron chi connectivity index (χ1n) is 5.98. The topological polar surface area (TPSA) is 62.7 Å².